The van der Waals surface area contributed by atoms with Crippen LogP contribution < -0.4 is 10.1 Å². The lowest BCUT2D eigenvalue weighted by Crippen LogP contribution is -2.13. The Kier molecular flexibility index (Phi) is 5.42. The largest absolute Gasteiger partial charge is 0.507 e. The lowest BCUT2D eigenvalue weighted by molar-refractivity contribution is 0.0693. The molecule has 0 aliphatic carbocycles. The Labute approximate surface area is 139 Å². The number of rotatable bonds is 6. The van der Waals surface area contributed by atoms with Gasteiger partial charge in [0, 0.05) is 11.3 Å². The Hall–Kier alpha value is -3.02. The molecule has 1 amide bonds. The van der Waals surface area contributed by atoms with Crippen molar-refractivity contribution in [2.24, 2.45) is 0 Å². The highest BCUT2D eigenvalue weighted by Crippen LogP contribution is 2.27. The number of benzene rings is 2. The summed E-state index contributed by atoms with van der Waals surface area (Å²) in [6.45, 7) is 4.12. The molecule has 2 aromatic carbocycles. The summed E-state index contributed by atoms with van der Waals surface area (Å²) in [5, 5.41) is 21.5. The van der Waals surface area contributed by atoms with Crippen LogP contribution in [0.15, 0.2) is 36.4 Å². The fourth-order valence-corrected chi connectivity index (χ4v) is 2.17. The van der Waals surface area contributed by atoms with Crippen LogP contribution in [-0.4, -0.2) is 28.7 Å². The van der Waals surface area contributed by atoms with E-state index in [1.54, 1.807) is 31.2 Å². The summed E-state index contributed by atoms with van der Waals surface area (Å²) in [7, 11) is 0. The lowest BCUT2D eigenvalue weighted by Gasteiger charge is -2.11. The van der Waals surface area contributed by atoms with Crippen molar-refractivity contribution in [3.8, 4) is 11.5 Å². The van der Waals surface area contributed by atoms with E-state index in [4.69, 9.17) is 9.84 Å². The van der Waals surface area contributed by atoms with E-state index in [1.807, 2.05) is 6.92 Å². The van der Waals surface area contributed by atoms with Crippen molar-refractivity contribution < 1.29 is 24.5 Å². The fourth-order valence-electron chi connectivity index (χ4n) is 2.17. The second-order valence-corrected chi connectivity index (χ2v) is 5.32. The summed E-state index contributed by atoms with van der Waals surface area (Å²) >= 11 is 0. The van der Waals surface area contributed by atoms with Crippen molar-refractivity contribution in [3.05, 3.63) is 53.1 Å². The van der Waals surface area contributed by atoms with E-state index < -0.39 is 11.9 Å². The van der Waals surface area contributed by atoms with Crippen LogP contribution in [-0.2, 0) is 0 Å². The molecule has 0 aromatic heterocycles. The molecule has 0 atom stereocenters. The number of carboxylic acids is 1. The maximum Gasteiger partial charge on any atom is 0.339 e. The Balaban J connectivity index is 2.22. The van der Waals surface area contributed by atoms with E-state index in [-0.39, 0.29) is 11.3 Å². The topological polar surface area (TPSA) is 95.9 Å². The van der Waals surface area contributed by atoms with E-state index in [1.165, 1.54) is 12.1 Å². The summed E-state index contributed by atoms with van der Waals surface area (Å²) in [4.78, 5) is 23.5. The number of aryl methyl sites for hydroxylation is 1. The van der Waals surface area contributed by atoms with Crippen molar-refractivity contribution in [3.63, 3.8) is 0 Å². The standard InChI is InChI=1S/C18H19NO5/c1-3-7-24-14-6-4-5-12(9-14)17(21)19-13-8-11(2)16(20)15(10-13)18(22)23/h4-6,8-10,20H,3,7H2,1-2H3,(H,19,21)(H,22,23). The number of phenols is 1. The fraction of sp³-hybridized carbons (Fsp3) is 0.222. The van der Waals surface area contributed by atoms with Gasteiger partial charge in [-0.2, -0.15) is 0 Å². The molecule has 0 saturated heterocycles. The van der Waals surface area contributed by atoms with Crippen molar-refractivity contribution in [1.29, 1.82) is 0 Å². The highest BCUT2D eigenvalue weighted by Gasteiger charge is 2.15. The molecule has 0 fully saturated rings. The second kappa shape index (κ2) is 7.50. The monoisotopic (exact) mass is 329 g/mol. The number of hydrogen-bond acceptors (Lipinski definition) is 4. The van der Waals surface area contributed by atoms with Crippen molar-refractivity contribution in [2.45, 2.75) is 20.3 Å². The molecule has 2 aromatic rings. The van der Waals surface area contributed by atoms with Gasteiger partial charge in [0.05, 0.1) is 6.61 Å². The average molecular weight is 329 g/mol. The summed E-state index contributed by atoms with van der Waals surface area (Å²) in [5.74, 6) is -1.37. The molecule has 6 nitrogen and oxygen atoms in total. The van der Waals surface area contributed by atoms with Crippen LogP contribution in [0.1, 0.15) is 39.6 Å². The predicted molar refractivity (Wildman–Crippen MR) is 90.0 cm³/mol. The number of carbonyl (C=O) groups excluding carboxylic acids is 1. The molecule has 0 saturated carbocycles. The van der Waals surface area contributed by atoms with Gasteiger partial charge in [-0.15, -0.1) is 0 Å². The third kappa shape index (κ3) is 4.04. The molecular formula is C18H19NO5. The molecule has 0 spiro atoms. The number of aromatic carboxylic acids is 1. The SMILES string of the molecule is CCCOc1cccc(C(=O)Nc2cc(C)c(O)c(C(=O)O)c2)c1. The van der Waals surface area contributed by atoms with Gasteiger partial charge in [0.15, 0.2) is 0 Å². The Bertz CT molecular complexity index is 770. The smallest absolute Gasteiger partial charge is 0.339 e. The molecular weight excluding hydrogens is 310 g/mol. The van der Waals surface area contributed by atoms with Crippen LogP contribution in [0.3, 0.4) is 0 Å². The highest BCUT2D eigenvalue weighted by atomic mass is 16.5. The molecule has 3 N–H and O–H groups in total. The van der Waals surface area contributed by atoms with E-state index in [0.29, 0.717) is 29.2 Å². The van der Waals surface area contributed by atoms with Crippen LogP contribution in [0.2, 0.25) is 0 Å². The van der Waals surface area contributed by atoms with Gasteiger partial charge in [0.2, 0.25) is 0 Å². The van der Waals surface area contributed by atoms with Gasteiger partial charge < -0.3 is 20.3 Å². The Morgan fingerprint density at radius 3 is 2.62 bits per heavy atom. The summed E-state index contributed by atoms with van der Waals surface area (Å²) in [5.41, 5.74) is 0.800. The number of ether oxygens (including phenoxy) is 1. The van der Waals surface area contributed by atoms with Crippen molar-refractivity contribution in [2.75, 3.05) is 11.9 Å². The molecule has 0 bridgehead atoms. The van der Waals surface area contributed by atoms with Crippen LogP contribution >= 0.6 is 0 Å². The summed E-state index contributed by atoms with van der Waals surface area (Å²) in [6.07, 6.45) is 0.862. The number of amides is 1. The zero-order chi connectivity index (χ0) is 17.7. The molecule has 0 unspecified atom stereocenters. The number of hydrogen-bond donors (Lipinski definition) is 3. The third-order valence-corrected chi connectivity index (χ3v) is 3.36. The van der Waals surface area contributed by atoms with Gasteiger partial charge in [-0.25, -0.2) is 4.79 Å². The Morgan fingerprint density at radius 1 is 1.21 bits per heavy atom. The van der Waals surface area contributed by atoms with Gasteiger partial charge >= 0.3 is 5.97 Å². The minimum absolute atomic E-state index is 0.259. The number of carboxylic acid groups (broad SMARTS) is 1. The van der Waals surface area contributed by atoms with Gasteiger partial charge in [-0.3, -0.25) is 4.79 Å². The van der Waals surface area contributed by atoms with Gasteiger partial charge in [0.25, 0.3) is 5.91 Å². The van der Waals surface area contributed by atoms with E-state index >= 15 is 0 Å². The molecule has 0 aliphatic heterocycles. The molecule has 2 rings (SSSR count). The first-order valence-electron chi connectivity index (χ1n) is 7.53. The van der Waals surface area contributed by atoms with Crippen LogP contribution in [0.25, 0.3) is 0 Å². The molecule has 0 heterocycles. The summed E-state index contributed by atoms with van der Waals surface area (Å²) in [6, 6.07) is 9.47. The van der Waals surface area contributed by atoms with Crippen molar-refractivity contribution >= 4 is 17.6 Å². The Morgan fingerprint density at radius 2 is 1.96 bits per heavy atom. The second-order valence-electron chi connectivity index (χ2n) is 5.32. The highest BCUT2D eigenvalue weighted by molar-refractivity contribution is 6.05. The van der Waals surface area contributed by atoms with E-state index in [2.05, 4.69) is 5.32 Å². The number of nitrogens with one attached hydrogen (secondary N) is 1. The quantitative estimate of drug-likeness (QED) is 0.706. The minimum atomic E-state index is -1.26. The maximum absolute atomic E-state index is 12.3. The molecule has 6 heteroatoms. The van der Waals surface area contributed by atoms with Gasteiger partial charge in [-0.05, 0) is 49.2 Å². The van der Waals surface area contributed by atoms with E-state index in [0.717, 1.165) is 6.42 Å². The normalized spacial score (nSPS) is 10.2. The first-order chi connectivity index (χ1) is 11.4. The third-order valence-electron chi connectivity index (χ3n) is 3.36. The lowest BCUT2D eigenvalue weighted by atomic mass is 10.1. The minimum Gasteiger partial charge on any atom is -0.507 e. The average Bonchev–Trinajstić information content (AvgIpc) is 2.56. The zero-order valence-corrected chi connectivity index (χ0v) is 13.5. The van der Waals surface area contributed by atoms with Crippen molar-refractivity contribution in [1.82, 2.24) is 0 Å². The zero-order valence-electron chi connectivity index (χ0n) is 13.5. The van der Waals surface area contributed by atoms with Gasteiger partial charge in [0.1, 0.15) is 17.1 Å². The first kappa shape index (κ1) is 17.3. The first-order valence-corrected chi connectivity index (χ1v) is 7.53. The van der Waals surface area contributed by atoms with Crippen LogP contribution in [0.4, 0.5) is 5.69 Å². The maximum atomic E-state index is 12.3. The van der Waals surface area contributed by atoms with E-state index in [9.17, 15) is 14.7 Å². The number of carbonyl (C=O) groups is 2. The van der Waals surface area contributed by atoms with Crippen LogP contribution in [0.5, 0.6) is 11.5 Å². The van der Waals surface area contributed by atoms with Crippen LogP contribution in [0, 0.1) is 6.92 Å². The predicted octanol–water partition coefficient (Wildman–Crippen LogP) is 3.44. The number of anilines is 1. The summed E-state index contributed by atoms with van der Waals surface area (Å²) < 4.78 is 5.49. The molecule has 0 radical (unpaired) electrons. The molecule has 0 aliphatic rings. The van der Waals surface area contributed by atoms with Gasteiger partial charge in [-0.1, -0.05) is 13.0 Å². The number of aromatic hydroxyl groups is 1. The molecule has 126 valence electrons. The molecule has 24 heavy (non-hydrogen) atoms.